The molecule has 31 heavy (non-hydrogen) atoms. The van der Waals surface area contributed by atoms with Crippen molar-refractivity contribution in [1.29, 1.82) is 0 Å². The van der Waals surface area contributed by atoms with Crippen LogP contribution in [-0.2, 0) is 0 Å². The van der Waals surface area contributed by atoms with Gasteiger partial charge in [-0.3, -0.25) is 4.79 Å². The van der Waals surface area contributed by atoms with Crippen LogP contribution in [-0.4, -0.2) is 19.4 Å². The van der Waals surface area contributed by atoms with Crippen LogP contribution >= 0.6 is 0 Å². The van der Waals surface area contributed by atoms with Gasteiger partial charge in [-0.1, -0.05) is 30.0 Å². The minimum atomic E-state index is -0.469. The Morgan fingerprint density at radius 3 is 1.94 bits per heavy atom. The third-order valence-corrected chi connectivity index (χ3v) is 4.31. The molecule has 0 fully saturated rings. The van der Waals surface area contributed by atoms with Crippen molar-refractivity contribution in [3.8, 4) is 36.2 Å². The zero-order valence-corrected chi connectivity index (χ0v) is 17.6. The number of esters is 1. The first-order valence-corrected chi connectivity index (χ1v) is 9.37. The number of methoxy groups -OCH3 is 1. The Labute approximate surface area is 182 Å². The van der Waals surface area contributed by atoms with E-state index >= 15 is 0 Å². The number of ether oxygens (including phenoxy) is 2. The Kier molecular flexibility index (Phi) is 8.20. The lowest BCUT2D eigenvalue weighted by atomic mass is 10.1. The molecular weight excluding hydrogens is 388 g/mol. The molecule has 0 spiro atoms. The van der Waals surface area contributed by atoms with Gasteiger partial charge in [-0.2, -0.15) is 0 Å². The molecule has 0 atom stereocenters. The van der Waals surface area contributed by atoms with Gasteiger partial charge in [0.05, 0.1) is 12.7 Å². The van der Waals surface area contributed by atoms with E-state index in [4.69, 9.17) is 22.3 Å². The summed E-state index contributed by atoms with van der Waals surface area (Å²) in [6.45, 7) is 3.86. The largest absolute Gasteiger partial charge is 0.497 e. The fraction of sp³-hybridized carbons (Fsp3) is 0.111. The van der Waals surface area contributed by atoms with E-state index in [0.717, 1.165) is 17.4 Å². The van der Waals surface area contributed by atoms with Crippen LogP contribution in [0.2, 0.25) is 0 Å². The van der Waals surface area contributed by atoms with Gasteiger partial charge in [0.15, 0.2) is 6.29 Å². The summed E-state index contributed by atoms with van der Waals surface area (Å²) in [5.41, 5.74) is 4.23. The molecule has 0 aliphatic heterocycles. The van der Waals surface area contributed by atoms with Crippen molar-refractivity contribution in [2.45, 2.75) is 13.8 Å². The standard InChI is InChI=1S/C17H14O3.C10H8O/c1-4-13-11-12(2)5-10-16(13)17(18)20-15-8-6-14(19-3)7-9-15;1-3-9-6-8(2)4-5-10(9)7-11/h1,5-11H,2-3H3;1,4-7H,2H3. The van der Waals surface area contributed by atoms with Crippen molar-refractivity contribution < 1.29 is 19.1 Å². The average molecular weight is 410 g/mol. The fourth-order valence-electron chi connectivity index (χ4n) is 2.66. The average Bonchev–Trinajstić information content (AvgIpc) is 2.79. The predicted molar refractivity (Wildman–Crippen MR) is 122 cm³/mol. The van der Waals surface area contributed by atoms with Crippen molar-refractivity contribution in [2.75, 3.05) is 7.11 Å². The van der Waals surface area contributed by atoms with Crippen LogP contribution in [0.15, 0.2) is 60.7 Å². The SMILES string of the molecule is C#Cc1cc(C)ccc1C(=O)Oc1ccc(OC)cc1.C#Cc1cc(C)ccc1C=O. The van der Waals surface area contributed by atoms with Crippen molar-refractivity contribution in [3.63, 3.8) is 0 Å². The van der Waals surface area contributed by atoms with E-state index in [1.54, 1.807) is 49.6 Å². The second-order valence-electron chi connectivity index (χ2n) is 6.61. The summed E-state index contributed by atoms with van der Waals surface area (Å²) in [5.74, 6) is 5.63. The highest BCUT2D eigenvalue weighted by Crippen LogP contribution is 2.19. The molecule has 0 N–H and O–H groups in total. The Morgan fingerprint density at radius 1 is 0.839 bits per heavy atom. The number of carbonyl (C=O) groups is 2. The first-order valence-electron chi connectivity index (χ1n) is 9.37. The molecule has 3 rings (SSSR count). The Hall–Kier alpha value is -4.28. The Bertz CT molecular complexity index is 1160. The summed E-state index contributed by atoms with van der Waals surface area (Å²) in [7, 11) is 1.58. The molecule has 4 heteroatoms. The number of benzene rings is 3. The van der Waals surface area contributed by atoms with Gasteiger partial charge in [0.25, 0.3) is 0 Å². The molecule has 4 nitrogen and oxygen atoms in total. The van der Waals surface area contributed by atoms with Gasteiger partial charge >= 0.3 is 5.97 Å². The molecule has 0 bridgehead atoms. The highest BCUT2D eigenvalue weighted by atomic mass is 16.5. The number of carbonyl (C=O) groups excluding carboxylic acids is 2. The lowest BCUT2D eigenvalue weighted by Gasteiger charge is -2.07. The Balaban J connectivity index is 0.000000262. The topological polar surface area (TPSA) is 52.6 Å². The second-order valence-corrected chi connectivity index (χ2v) is 6.61. The molecule has 0 saturated carbocycles. The predicted octanol–water partition coefficient (Wildman–Crippen LogP) is 4.99. The molecule has 0 saturated heterocycles. The maximum Gasteiger partial charge on any atom is 0.344 e. The van der Waals surface area contributed by atoms with E-state index in [1.807, 2.05) is 32.0 Å². The van der Waals surface area contributed by atoms with Crippen LogP contribution in [0.1, 0.15) is 43.0 Å². The highest BCUT2D eigenvalue weighted by molar-refractivity contribution is 5.94. The number of hydrogen-bond donors (Lipinski definition) is 0. The number of rotatable bonds is 4. The van der Waals surface area contributed by atoms with Gasteiger partial charge in [-0.05, 0) is 67.4 Å². The maximum atomic E-state index is 12.1. The molecule has 3 aromatic rings. The Morgan fingerprint density at radius 2 is 1.39 bits per heavy atom. The minimum Gasteiger partial charge on any atom is -0.497 e. The van der Waals surface area contributed by atoms with Gasteiger partial charge in [0.2, 0.25) is 0 Å². The quantitative estimate of drug-likeness (QED) is 0.263. The van der Waals surface area contributed by atoms with Crippen molar-refractivity contribution >= 4 is 12.3 Å². The van der Waals surface area contributed by atoms with Gasteiger partial charge in [-0.15, -0.1) is 12.8 Å². The van der Waals surface area contributed by atoms with Crippen LogP contribution in [0.25, 0.3) is 0 Å². The van der Waals surface area contributed by atoms with E-state index in [-0.39, 0.29) is 0 Å². The molecule has 0 radical (unpaired) electrons. The number of aldehydes is 1. The maximum absolute atomic E-state index is 12.1. The first kappa shape index (κ1) is 23.0. The summed E-state index contributed by atoms with van der Waals surface area (Å²) in [5, 5.41) is 0. The van der Waals surface area contributed by atoms with Crippen molar-refractivity contribution in [3.05, 3.63) is 94.0 Å². The second kappa shape index (κ2) is 11.0. The van der Waals surface area contributed by atoms with Gasteiger partial charge in [-0.25, -0.2) is 4.79 Å². The summed E-state index contributed by atoms with van der Waals surface area (Å²) >= 11 is 0. The molecule has 0 aliphatic carbocycles. The van der Waals surface area contributed by atoms with Crippen LogP contribution in [0, 0.1) is 38.5 Å². The van der Waals surface area contributed by atoms with E-state index in [0.29, 0.717) is 33.8 Å². The van der Waals surface area contributed by atoms with Crippen LogP contribution < -0.4 is 9.47 Å². The molecule has 3 aromatic carbocycles. The number of hydrogen-bond acceptors (Lipinski definition) is 4. The van der Waals surface area contributed by atoms with E-state index in [1.165, 1.54) is 0 Å². The third-order valence-electron chi connectivity index (χ3n) is 4.31. The fourth-order valence-corrected chi connectivity index (χ4v) is 2.66. The third kappa shape index (κ3) is 6.35. The zero-order chi connectivity index (χ0) is 22.8. The summed E-state index contributed by atoms with van der Waals surface area (Å²) in [6.07, 6.45) is 11.4. The molecule has 0 aliphatic rings. The monoisotopic (exact) mass is 410 g/mol. The summed E-state index contributed by atoms with van der Waals surface area (Å²) < 4.78 is 10.3. The van der Waals surface area contributed by atoms with Crippen LogP contribution in [0.5, 0.6) is 11.5 Å². The van der Waals surface area contributed by atoms with Gasteiger partial charge < -0.3 is 9.47 Å². The molecule has 154 valence electrons. The summed E-state index contributed by atoms with van der Waals surface area (Å²) in [4.78, 5) is 22.5. The van der Waals surface area contributed by atoms with E-state index in [2.05, 4.69) is 11.8 Å². The lowest BCUT2D eigenvalue weighted by Crippen LogP contribution is -2.10. The number of terminal acetylenes is 2. The minimum absolute atomic E-state index is 0.383. The normalized spacial score (nSPS) is 9.32. The van der Waals surface area contributed by atoms with E-state index in [9.17, 15) is 9.59 Å². The van der Waals surface area contributed by atoms with Crippen LogP contribution in [0.3, 0.4) is 0 Å². The smallest absolute Gasteiger partial charge is 0.344 e. The lowest BCUT2D eigenvalue weighted by molar-refractivity contribution is 0.0734. The van der Waals surface area contributed by atoms with E-state index < -0.39 is 5.97 Å². The van der Waals surface area contributed by atoms with Crippen molar-refractivity contribution in [1.82, 2.24) is 0 Å². The van der Waals surface area contributed by atoms with Gasteiger partial charge in [0.1, 0.15) is 11.5 Å². The molecular formula is C27H22O4. The molecule has 0 aromatic heterocycles. The number of aryl methyl sites for hydroxylation is 2. The molecule has 0 unspecified atom stereocenters. The summed E-state index contributed by atoms with van der Waals surface area (Å²) in [6, 6.07) is 17.5. The molecule has 0 amide bonds. The molecule has 0 heterocycles. The van der Waals surface area contributed by atoms with Gasteiger partial charge in [0, 0.05) is 16.7 Å². The van der Waals surface area contributed by atoms with Crippen molar-refractivity contribution in [2.24, 2.45) is 0 Å². The first-order chi connectivity index (χ1) is 14.9. The van der Waals surface area contributed by atoms with Crippen LogP contribution in [0.4, 0.5) is 0 Å². The highest BCUT2D eigenvalue weighted by Gasteiger charge is 2.13. The zero-order valence-electron chi connectivity index (χ0n) is 17.6.